The van der Waals surface area contributed by atoms with Crippen LogP contribution in [0.15, 0.2) is 36.4 Å². The lowest BCUT2D eigenvalue weighted by Crippen LogP contribution is -2.37. The minimum Gasteiger partial charge on any atom is -0.352 e. The van der Waals surface area contributed by atoms with Crippen LogP contribution in [0.4, 0.5) is 0 Å². The third kappa shape index (κ3) is 3.21. The van der Waals surface area contributed by atoms with E-state index < -0.39 is 46.8 Å². The maximum absolute atomic E-state index is 12.9. The van der Waals surface area contributed by atoms with Gasteiger partial charge in [0.2, 0.25) is 11.8 Å². The number of amides is 2. The molecule has 0 aromatic heterocycles. The fourth-order valence-electron chi connectivity index (χ4n) is 4.65. The molecule has 0 spiro atoms. The molecule has 0 aliphatic heterocycles. The van der Waals surface area contributed by atoms with Crippen LogP contribution in [0.3, 0.4) is 0 Å². The van der Waals surface area contributed by atoms with Crippen molar-refractivity contribution in [2.45, 2.75) is 37.8 Å². The van der Waals surface area contributed by atoms with Crippen LogP contribution in [-0.4, -0.2) is 47.0 Å². The van der Waals surface area contributed by atoms with Gasteiger partial charge in [0.15, 0.2) is 35.0 Å². The highest BCUT2D eigenvalue weighted by Gasteiger charge is 2.46. The topological polar surface area (TPSA) is 126 Å². The highest BCUT2D eigenvalue weighted by Crippen LogP contribution is 2.35. The van der Waals surface area contributed by atoms with Gasteiger partial charge in [-0.15, -0.1) is 0 Å². The van der Waals surface area contributed by atoms with E-state index in [0.717, 1.165) is 25.7 Å². The summed E-state index contributed by atoms with van der Waals surface area (Å²) in [5, 5.41) is 5.44. The fraction of sp³-hybridized carbons (Fsp3) is 0.308. The molecule has 4 aliphatic rings. The third-order valence-corrected chi connectivity index (χ3v) is 6.85. The van der Waals surface area contributed by atoms with Crippen LogP contribution in [0, 0.1) is 11.8 Å². The van der Waals surface area contributed by atoms with E-state index in [4.69, 9.17) is 0 Å². The zero-order valence-corrected chi connectivity index (χ0v) is 18.1. The molecule has 0 bridgehead atoms. The molecule has 2 saturated carbocycles. The summed E-state index contributed by atoms with van der Waals surface area (Å²) in [4.78, 5) is 76.1. The van der Waals surface area contributed by atoms with E-state index >= 15 is 0 Å². The Morgan fingerprint density at radius 2 is 0.912 bits per heavy atom. The number of nitrogens with one attached hydrogen (secondary N) is 2. The van der Waals surface area contributed by atoms with Crippen molar-refractivity contribution in [1.29, 1.82) is 0 Å². The van der Waals surface area contributed by atoms with E-state index in [1.165, 1.54) is 12.1 Å². The van der Waals surface area contributed by atoms with E-state index in [9.17, 15) is 28.8 Å². The van der Waals surface area contributed by atoms with Crippen molar-refractivity contribution < 1.29 is 28.8 Å². The maximum Gasteiger partial charge on any atom is 0.239 e. The first-order valence-corrected chi connectivity index (χ1v) is 11.4. The Bertz CT molecular complexity index is 1250. The highest BCUT2D eigenvalue weighted by molar-refractivity contribution is 6.36. The highest BCUT2D eigenvalue weighted by atomic mass is 16.2. The van der Waals surface area contributed by atoms with Gasteiger partial charge in [-0.3, -0.25) is 28.8 Å². The molecule has 6 rings (SSSR count). The van der Waals surface area contributed by atoms with Crippen molar-refractivity contribution in [2.75, 3.05) is 0 Å². The van der Waals surface area contributed by atoms with Gasteiger partial charge in [0, 0.05) is 34.3 Å². The number of ketones is 4. The first-order valence-electron chi connectivity index (χ1n) is 11.4. The summed E-state index contributed by atoms with van der Waals surface area (Å²) in [6.07, 6.45) is 3.39. The first-order chi connectivity index (χ1) is 16.3. The van der Waals surface area contributed by atoms with Crippen LogP contribution in [-0.2, 0) is 9.59 Å². The van der Waals surface area contributed by atoms with Gasteiger partial charge in [-0.2, -0.15) is 0 Å². The average molecular weight is 456 g/mol. The van der Waals surface area contributed by atoms with Crippen molar-refractivity contribution >= 4 is 34.9 Å². The van der Waals surface area contributed by atoms with Crippen LogP contribution in [0.2, 0.25) is 0 Å². The summed E-state index contributed by atoms with van der Waals surface area (Å²) in [6.45, 7) is 0. The summed E-state index contributed by atoms with van der Waals surface area (Å²) in [5.41, 5.74) is 1.88. The van der Waals surface area contributed by atoms with E-state index in [0.29, 0.717) is 11.1 Å². The molecule has 0 heterocycles. The quantitative estimate of drug-likeness (QED) is 0.662. The van der Waals surface area contributed by atoms with Crippen molar-refractivity contribution in [3.63, 3.8) is 0 Å². The van der Waals surface area contributed by atoms with Crippen molar-refractivity contribution in [2.24, 2.45) is 11.8 Å². The second-order valence-electron chi connectivity index (χ2n) is 9.41. The van der Waals surface area contributed by atoms with Crippen molar-refractivity contribution in [3.05, 3.63) is 58.7 Å². The number of rotatable bonds is 5. The zero-order chi connectivity index (χ0) is 23.7. The average Bonchev–Trinajstić information content (AvgIpc) is 3.75. The van der Waals surface area contributed by atoms with E-state index in [1.807, 2.05) is 0 Å². The number of Topliss-reactive ketones (excluding diaryl/α,β-unsaturated/α-hetero) is 4. The predicted molar refractivity (Wildman–Crippen MR) is 119 cm³/mol. The Kier molecular flexibility index (Phi) is 4.42. The molecular formula is C26H20N2O6. The Labute approximate surface area is 194 Å². The molecule has 8 nitrogen and oxygen atoms in total. The van der Waals surface area contributed by atoms with Gasteiger partial charge in [0.25, 0.3) is 0 Å². The number of carbonyl (C=O) groups is 6. The predicted octanol–water partition coefficient (Wildman–Crippen LogP) is 1.90. The number of hydrogen-bond acceptors (Lipinski definition) is 6. The molecule has 0 saturated heterocycles. The molecule has 170 valence electrons. The van der Waals surface area contributed by atoms with Crippen LogP contribution in [0.1, 0.15) is 67.1 Å². The smallest absolute Gasteiger partial charge is 0.239 e. The monoisotopic (exact) mass is 456 g/mol. The lowest BCUT2D eigenvalue weighted by Gasteiger charge is -2.07. The number of benzene rings is 2. The molecule has 2 atom stereocenters. The van der Waals surface area contributed by atoms with Crippen molar-refractivity contribution in [3.8, 4) is 11.1 Å². The summed E-state index contributed by atoms with van der Waals surface area (Å²) < 4.78 is 0. The van der Waals surface area contributed by atoms with Crippen molar-refractivity contribution in [1.82, 2.24) is 10.6 Å². The number of carbonyl (C=O) groups excluding carboxylic acids is 6. The van der Waals surface area contributed by atoms with Gasteiger partial charge in [0.1, 0.15) is 0 Å². The Balaban J connectivity index is 1.29. The molecular weight excluding hydrogens is 436 g/mol. The fourth-order valence-corrected chi connectivity index (χ4v) is 4.65. The lowest BCUT2D eigenvalue weighted by molar-refractivity contribution is -0.123. The Morgan fingerprint density at radius 3 is 1.26 bits per heavy atom. The minimum atomic E-state index is -1.36. The second-order valence-corrected chi connectivity index (χ2v) is 9.41. The summed E-state index contributed by atoms with van der Waals surface area (Å²) in [5.74, 6) is -5.95. The molecule has 2 amide bonds. The van der Waals surface area contributed by atoms with E-state index in [1.54, 1.807) is 24.3 Å². The molecule has 2 N–H and O–H groups in total. The second kappa shape index (κ2) is 7.28. The molecule has 0 radical (unpaired) electrons. The van der Waals surface area contributed by atoms with Gasteiger partial charge in [-0.05, 0) is 48.9 Å². The van der Waals surface area contributed by atoms with Gasteiger partial charge >= 0.3 is 0 Å². The molecule has 2 aromatic carbocycles. The Morgan fingerprint density at radius 1 is 0.559 bits per heavy atom. The molecule has 8 heteroatoms. The number of hydrogen-bond donors (Lipinski definition) is 2. The zero-order valence-electron chi connectivity index (χ0n) is 18.1. The summed E-state index contributed by atoms with van der Waals surface area (Å²) >= 11 is 0. The molecule has 4 aliphatic carbocycles. The largest absolute Gasteiger partial charge is 0.352 e. The minimum absolute atomic E-state index is 0.0363. The molecule has 2 unspecified atom stereocenters. The maximum atomic E-state index is 12.9. The van der Waals surface area contributed by atoms with Crippen LogP contribution in [0.25, 0.3) is 11.1 Å². The third-order valence-electron chi connectivity index (χ3n) is 6.85. The lowest BCUT2D eigenvalue weighted by atomic mass is 9.97. The molecule has 2 fully saturated rings. The van der Waals surface area contributed by atoms with E-state index in [2.05, 4.69) is 10.6 Å². The SMILES string of the molecule is O=C(NC1CC1)C1C(=O)c2ccc(-c3ccc4c(c3)C(=O)C(C(=O)NC3CC3)C4=O)cc2C1=O. The van der Waals surface area contributed by atoms with Gasteiger partial charge in [-0.1, -0.05) is 24.3 Å². The van der Waals surface area contributed by atoms with Crippen LogP contribution < -0.4 is 10.6 Å². The van der Waals surface area contributed by atoms with Gasteiger partial charge < -0.3 is 10.6 Å². The summed E-state index contributed by atoms with van der Waals surface area (Å²) in [6, 6.07) is 9.48. The van der Waals surface area contributed by atoms with Crippen LogP contribution in [0.5, 0.6) is 0 Å². The van der Waals surface area contributed by atoms with E-state index in [-0.39, 0.29) is 34.3 Å². The van der Waals surface area contributed by atoms with Gasteiger partial charge in [-0.25, -0.2) is 0 Å². The molecule has 34 heavy (non-hydrogen) atoms. The van der Waals surface area contributed by atoms with Crippen LogP contribution >= 0.6 is 0 Å². The molecule has 2 aromatic rings. The number of fused-ring (bicyclic) bond motifs is 2. The first kappa shape index (κ1) is 20.7. The standard InChI is InChI=1S/C26H20N2O6/c29-21-15-7-1-11(9-17(15)23(31)19(21)25(33)27-13-3-4-13)12-2-8-16-18(10-12)24(32)20(22(16)30)26(34)28-14-5-6-14/h1-2,7-10,13-14,19-20H,3-6H2,(H,27,33)(H,28,34). The van der Waals surface area contributed by atoms with Gasteiger partial charge in [0.05, 0.1) is 0 Å². The summed E-state index contributed by atoms with van der Waals surface area (Å²) in [7, 11) is 0. The normalized spacial score (nSPS) is 23.1. The Hall–Kier alpha value is -3.94.